The number of carbonyl (C=O) groups excluding carboxylic acids is 1. The van der Waals surface area contributed by atoms with E-state index in [0.717, 1.165) is 17.1 Å². The van der Waals surface area contributed by atoms with Gasteiger partial charge in [-0.15, -0.1) is 0 Å². The predicted octanol–water partition coefficient (Wildman–Crippen LogP) is 4.39. The number of hydrogen-bond donors (Lipinski definition) is 1. The van der Waals surface area contributed by atoms with Gasteiger partial charge in [0.1, 0.15) is 17.3 Å². The Morgan fingerprint density at radius 3 is 2.62 bits per heavy atom. The van der Waals surface area contributed by atoms with Gasteiger partial charge in [-0.25, -0.2) is 5.43 Å². The highest BCUT2D eigenvalue weighted by Crippen LogP contribution is 2.27. The fourth-order valence-corrected chi connectivity index (χ4v) is 2.29. The first kappa shape index (κ1) is 19.5. The average molecular weight is 354 g/mol. The lowest BCUT2D eigenvalue weighted by atomic mass is 9.86. The molecule has 0 bridgehead atoms. The summed E-state index contributed by atoms with van der Waals surface area (Å²) in [5.41, 5.74) is 4.74. The minimum absolute atomic E-state index is 0.0806. The van der Waals surface area contributed by atoms with Crippen LogP contribution < -0.4 is 10.2 Å². The van der Waals surface area contributed by atoms with E-state index in [4.69, 9.17) is 9.15 Å². The monoisotopic (exact) mass is 354 g/mol. The first-order valence-electron chi connectivity index (χ1n) is 8.54. The SMILES string of the molecule is Cc1ccc(C=CC=NNC(=O)COc2ccc(C(C)(C)C)cc2C)o1. The molecule has 1 heterocycles. The molecule has 5 nitrogen and oxygen atoms in total. The van der Waals surface area contributed by atoms with Crippen molar-refractivity contribution < 1.29 is 13.9 Å². The van der Waals surface area contributed by atoms with Gasteiger partial charge in [-0.1, -0.05) is 32.9 Å². The zero-order valence-electron chi connectivity index (χ0n) is 16.0. The Kier molecular flexibility index (Phi) is 6.39. The van der Waals surface area contributed by atoms with E-state index in [1.54, 1.807) is 12.2 Å². The van der Waals surface area contributed by atoms with Gasteiger partial charge in [0, 0.05) is 6.21 Å². The second kappa shape index (κ2) is 8.52. The highest BCUT2D eigenvalue weighted by Gasteiger charge is 2.15. The molecule has 138 valence electrons. The van der Waals surface area contributed by atoms with Crippen molar-refractivity contribution >= 4 is 18.2 Å². The zero-order chi connectivity index (χ0) is 19.2. The minimum atomic E-state index is -0.317. The van der Waals surface area contributed by atoms with Crippen molar-refractivity contribution in [3.05, 3.63) is 59.1 Å². The Hall–Kier alpha value is -2.82. The number of rotatable bonds is 6. The van der Waals surface area contributed by atoms with Gasteiger partial charge in [0.2, 0.25) is 0 Å². The molecule has 2 rings (SSSR count). The highest BCUT2D eigenvalue weighted by atomic mass is 16.5. The number of benzene rings is 1. The molecule has 26 heavy (non-hydrogen) atoms. The van der Waals surface area contributed by atoms with Gasteiger partial charge in [0.25, 0.3) is 5.91 Å². The first-order valence-corrected chi connectivity index (χ1v) is 8.54. The number of nitrogens with one attached hydrogen (secondary N) is 1. The average Bonchev–Trinajstić information content (AvgIpc) is 2.98. The van der Waals surface area contributed by atoms with E-state index in [-0.39, 0.29) is 17.9 Å². The van der Waals surface area contributed by atoms with Gasteiger partial charge < -0.3 is 9.15 Å². The maximum Gasteiger partial charge on any atom is 0.277 e. The molecule has 0 saturated carbocycles. The summed E-state index contributed by atoms with van der Waals surface area (Å²) >= 11 is 0. The number of hydrogen-bond acceptors (Lipinski definition) is 4. The first-order chi connectivity index (χ1) is 12.3. The zero-order valence-corrected chi connectivity index (χ0v) is 16.0. The Bertz CT molecular complexity index is 811. The van der Waals surface area contributed by atoms with Crippen molar-refractivity contribution in [2.75, 3.05) is 6.61 Å². The van der Waals surface area contributed by atoms with Crippen molar-refractivity contribution in [2.45, 2.75) is 40.0 Å². The molecule has 0 spiro atoms. The Morgan fingerprint density at radius 2 is 2.00 bits per heavy atom. The molecule has 5 heteroatoms. The number of aryl methyl sites for hydroxylation is 2. The molecule has 0 radical (unpaired) electrons. The van der Waals surface area contributed by atoms with Gasteiger partial charge in [-0.3, -0.25) is 4.79 Å². The summed E-state index contributed by atoms with van der Waals surface area (Å²) in [6, 6.07) is 9.76. The van der Waals surface area contributed by atoms with E-state index in [1.807, 2.05) is 38.1 Å². The van der Waals surface area contributed by atoms with E-state index in [1.165, 1.54) is 11.8 Å². The molecule has 1 N–H and O–H groups in total. The van der Waals surface area contributed by atoms with Crippen molar-refractivity contribution in [3.63, 3.8) is 0 Å². The van der Waals surface area contributed by atoms with Gasteiger partial charge in [0.15, 0.2) is 6.61 Å². The molecule has 2 aromatic rings. The molecule has 0 atom stereocenters. The topological polar surface area (TPSA) is 63.8 Å². The summed E-state index contributed by atoms with van der Waals surface area (Å²) in [6.45, 7) is 10.2. The summed E-state index contributed by atoms with van der Waals surface area (Å²) < 4.78 is 11.0. The summed E-state index contributed by atoms with van der Waals surface area (Å²) in [5, 5.41) is 3.84. The van der Waals surface area contributed by atoms with Crippen LogP contribution in [0.1, 0.15) is 43.4 Å². The van der Waals surface area contributed by atoms with Crippen LogP contribution in [-0.2, 0) is 10.2 Å². The van der Waals surface area contributed by atoms with Crippen molar-refractivity contribution in [3.8, 4) is 5.75 Å². The molecular weight excluding hydrogens is 328 g/mol. The maximum absolute atomic E-state index is 11.8. The third-order valence-corrected chi connectivity index (χ3v) is 3.77. The van der Waals surface area contributed by atoms with Crippen molar-refractivity contribution in [1.29, 1.82) is 0 Å². The fourth-order valence-electron chi connectivity index (χ4n) is 2.29. The number of allylic oxidation sites excluding steroid dienone is 1. The molecule has 0 saturated heterocycles. The predicted molar refractivity (Wildman–Crippen MR) is 104 cm³/mol. The molecule has 0 unspecified atom stereocenters. The van der Waals surface area contributed by atoms with Crippen LogP contribution in [0.15, 0.2) is 45.9 Å². The third kappa shape index (κ3) is 5.92. The van der Waals surface area contributed by atoms with E-state index in [9.17, 15) is 4.79 Å². The van der Waals surface area contributed by atoms with Gasteiger partial charge in [0.05, 0.1) is 0 Å². The largest absolute Gasteiger partial charge is 0.483 e. The van der Waals surface area contributed by atoms with Crippen LogP contribution >= 0.6 is 0 Å². The fraction of sp³-hybridized carbons (Fsp3) is 0.333. The second-order valence-electron chi connectivity index (χ2n) is 7.14. The van der Waals surface area contributed by atoms with E-state index in [2.05, 4.69) is 37.4 Å². The van der Waals surface area contributed by atoms with E-state index < -0.39 is 0 Å². The Labute approximate surface area is 154 Å². The summed E-state index contributed by atoms with van der Waals surface area (Å²) in [4.78, 5) is 11.8. The molecule has 0 aliphatic rings. The van der Waals surface area contributed by atoms with Gasteiger partial charge >= 0.3 is 0 Å². The third-order valence-electron chi connectivity index (χ3n) is 3.77. The molecule has 1 aromatic carbocycles. The maximum atomic E-state index is 11.8. The van der Waals surface area contributed by atoms with Gasteiger partial charge in [-0.2, -0.15) is 5.10 Å². The Morgan fingerprint density at radius 1 is 1.23 bits per heavy atom. The van der Waals surface area contributed by atoms with Crippen LogP contribution in [0.25, 0.3) is 6.08 Å². The lowest BCUT2D eigenvalue weighted by Crippen LogP contribution is -2.24. The number of amides is 1. The molecule has 1 amide bonds. The molecule has 1 aromatic heterocycles. The van der Waals surface area contributed by atoms with Crippen LogP contribution in [0.3, 0.4) is 0 Å². The Balaban J connectivity index is 1.80. The summed E-state index contributed by atoms with van der Waals surface area (Å²) in [6.07, 6.45) is 4.94. The summed E-state index contributed by atoms with van der Waals surface area (Å²) in [7, 11) is 0. The molecule has 0 fully saturated rings. The van der Waals surface area contributed by atoms with Crippen LogP contribution in [0.2, 0.25) is 0 Å². The van der Waals surface area contributed by atoms with E-state index >= 15 is 0 Å². The lowest BCUT2D eigenvalue weighted by Gasteiger charge is -2.20. The van der Waals surface area contributed by atoms with Crippen molar-refractivity contribution in [2.24, 2.45) is 5.10 Å². The number of furan rings is 1. The smallest absolute Gasteiger partial charge is 0.277 e. The standard InChI is InChI=1S/C21H26N2O3/c1-15-13-17(21(3,4)5)9-11-19(15)25-14-20(24)23-22-12-6-7-18-10-8-16(2)26-18/h6-13H,14H2,1-5H3,(H,23,24). The molecule has 0 aliphatic heterocycles. The van der Waals surface area contributed by atoms with Crippen LogP contribution in [0.4, 0.5) is 0 Å². The number of nitrogens with zero attached hydrogens (tertiary/aromatic N) is 1. The highest BCUT2D eigenvalue weighted by molar-refractivity contribution is 5.81. The summed E-state index contributed by atoms with van der Waals surface area (Å²) in [5.74, 6) is 1.96. The normalized spacial score (nSPS) is 12.0. The number of ether oxygens (including phenoxy) is 1. The van der Waals surface area contributed by atoms with Gasteiger partial charge in [-0.05, 0) is 60.7 Å². The molecule has 0 aliphatic carbocycles. The quantitative estimate of drug-likeness (QED) is 0.618. The van der Waals surface area contributed by atoms with E-state index in [0.29, 0.717) is 5.75 Å². The minimum Gasteiger partial charge on any atom is -0.483 e. The van der Waals surface area contributed by atoms with Crippen LogP contribution in [0.5, 0.6) is 5.75 Å². The molecular formula is C21H26N2O3. The van der Waals surface area contributed by atoms with Crippen molar-refractivity contribution in [1.82, 2.24) is 5.43 Å². The number of carbonyl (C=O) groups is 1. The van der Waals surface area contributed by atoms with Crippen LogP contribution in [0, 0.1) is 13.8 Å². The van der Waals surface area contributed by atoms with Crippen LogP contribution in [-0.4, -0.2) is 18.7 Å². The number of hydrazone groups is 1. The lowest BCUT2D eigenvalue weighted by molar-refractivity contribution is -0.123. The second-order valence-corrected chi connectivity index (χ2v) is 7.14.